The summed E-state index contributed by atoms with van der Waals surface area (Å²) in [6, 6.07) is 43.9. The lowest BCUT2D eigenvalue weighted by atomic mass is 9.91. The molecule has 1 N–H and O–H groups in total. The van der Waals surface area contributed by atoms with Crippen molar-refractivity contribution in [2.45, 2.75) is 0 Å². The van der Waals surface area contributed by atoms with Gasteiger partial charge in [-0.3, -0.25) is 0 Å². The summed E-state index contributed by atoms with van der Waals surface area (Å²) in [6.45, 7) is 0. The van der Waals surface area contributed by atoms with E-state index in [0.717, 1.165) is 33.6 Å². The smallest absolute Gasteiger partial charge is 0.0544 e. The largest absolute Gasteiger partial charge is 0.354 e. The number of benzene rings is 5. The average molecular weight is 432 g/mol. The van der Waals surface area contributed by atoms with Gasteiger partial charge in [0.05, 0.1) is 5.69 Å². The summed E-state index contributed by atoms with van der Waals surface area (Å²) < 4.78 is 0. The first-order valence-electron chi connectivity index (χ1n) is 10.6. The van der Waals surface area contributed by atoms with Gasteiger partial charge < -0.3 is 5.32 Å². The van der Waals surface area contributed by atoms with Gasteiger partial charge in [-0.15, -0.1) is 0 Å². The molecule has 5 rings (SSSR count). The zero-order chi connectivity index (χ0) is 21.8. The summed E-state index contributed by atoms with van der Waals surface area (Å²) in [5.41, 5.74) is 9.00. The molecule has 5 aromatic carbocycles. The van der Waals surface area contributed by atoms with Gasteiger partial charge in [0, 0.05) is 21.8 Å². The zero-order valence-corrected chi connectivity index (χ0v) is 18.3. The molecular formula is C30H22ClN. The molecule has 154 valence electrons. The van der Waals surface area contributed by atoms with Crippen LogP contribution in [0.15, 0.2) is 127 Å². The number of anilines is 2. The van der Waals surface area contributed by atoms with Crippen LogP contribution < -0.4 is 5.32 Å². The monoisotopic (exact) mass is 431 g/mol. The summed E-state index contributed by atoms with van der Waals surface area (Å²) in [7, 11) is 0. The van der Waals surface area contributed by atoms with Gasteiger partial charge in [0.25, 0.3) is 0 Å². The highest BCUT2D eigenvalue weighted by atomic mass is 35.5. The number of nitrogens with one attached hydrogen (secondary N) is 1. The Morgan fingerprint density at radius 1 is 0.438 bits per heavy atom. The van der Waals surface area contributed by atoms with E-state index in [0.29, 0.717) is 5.02 Å². The molecule has 0 aromatic heterocycles. The fourth-order valence-electron chi connectivity index (χ4n) is 3.98. The zero-order valence-electron chi connectivity index (χ0n) is 17.5. The van der Waals surface area contributed by atoms with Gasteiger partial charge >= 0.3 is 0 Å². The Hall–Kier alpha value is -3.81. The van der Waals surface area contributed by atoms with Gasteiger partial charge in [-0.2, -0.15) is 0 Å². The van der Waals surface area contributed by atoms with Crippen LogP contribution in [0.5, 0.6) is 0 Å². The van der Waals surface area contributed by atoms with Crippen molar-refractivity contribution in [1.82, 2.24) is 0 Å². The van der Waals surface area contributed by atoms with Crippen LogP contribution >= 0.6 is 11.6 Å². The average Bonchev–Trinajstić information content (AvgIpc) is 2.86. The van der Waals surface area contributed by atoms with Crippen LogP contribution in [-0.4, -0.2) is 0 Å². The predicted molar refractivity (Wildman–Crippen MR) is 137 cm³/mol. The SMILES string of the molecule is Clc1cccc(Nc2c(-c3ccccc3)cc(-c3ccccc3)cc2-c2ccccc2)c1. The molecular weight excluding hydrogens is 410 g/mol. The molecule has 0 aliphatic heterocycles. The highest BCUT2D eigenvalue weighted by Crippen LogP contribution is 2.42. The number of hydrogen-bond acceptors (Lipinski definition) is 1. The molecule has 0 aliphatic carbocycles. The number of hydrogen-bond donors (Lipinski definition) is 1. The van der Waals surface area contributed by atoms with Gasteiger partial charge in [-0.05, 0) is 52.6 Å². The lowest BCUT2D eigenvalue weighted by Crippen LogP contribution is -1.98. The third-order valence-corrected chi connectivity index (χ3v) is 5.74. The standard InChI is InChI=1S/C30H22ClN/c31-26-17-10-18-27(21-26)32-30-28(23-13-6-2-7-14-23)19-25(22-11-4-1-5-12-22)20-29(30)24-15-8-3-9-16-24/h1-21,32H. The van der Waals surface area contributed by atoms with E-state index in [1.54, 1.807) is 0 Å². The second-order valence-electron chi connectivity index (χ2n) is 7.68. The summed E-state index contributed by atoms with van der Waals surface area (Å²) in [4.78, 5) is 0. The molecule has 0 radical (unpaired) electrons. The molecule has 0 amide bonds. The van der Waals surface area contributed by atoms with Crippen LogP contribution in [0.3, 0.4) is 0 Å². The van der Waals surface area contributed by atoms with E-state index in [4.69, 9.17) is 11.6 Å². The Bertz CT molecular complexity index is 1270. The normalized spacial score (nSPS) is 10.7. The topological polar surface area (TPSA) is 12.0 Å². The van der Waals surface area contributed by atoms with E-state index in [1.165, 1.54) is 11.1 Å². The third kappa shape index (κ3) is 4.30. The van der Waals surface area contributed by atoms with Crippen LogP contribution in [0.1, 0.15) is 0 Å². The van der Waals surface area contributed by atoms with Gasteiger partial charge in [-0.25, -0.2) is 0 Å². The Morgan fingerprint density at radius 3 is 1.44 bits per heavy atom. The van der Waals surface area contributed by atoms with E-state index in [1.807, 2.05) is 36.4 Å². The molecule has 32 heavy (non-hydrogen) atoms. The maximum atomic E-state index is 6.29. The quantitative estimate of drug-likeness (QED) is 0.292. The Balaban J connectivity index is 1.79. The fourth-order valence-corrected chi connectivity index (χ4v) is 4.17. The van der Waals surface area contributed by atoms with Crippen LogP contribution in [0.4, 0.5) is 11.4 Å². The maximum absolute atomic E-state index is 6.29. The van der Waals surface area contributed by atoms with E-state index < -0.39 is 0 Å². The Morgan fingerprint density at radius 2 is 0.938 bits per heavy atom. The minimum atomic E-state index is 0.707. The second-order valence-corrected chi connectivity index (χ2v) is 8.12. The molecule has 0 fully saturated rings. The molecule has 0 atom stereocenters. The minimum absolute atomic E-state index is 0.707. The van der Waals surface area contributed by atoms with Crippen molar-refractivity contribution in [3.8, 4) is 33.4 Å². The molecule has 0 aliphatic rings. The number of halogens is 1. The van der Waals surface area contributed by atoms with Crippen molar-refractivity contribution < 1.29 is 0 Å². The van der Waals surface area contributed by atoms with Crippen molar-refractivity contribution in [3.63, 3.8) is 0 Å². The maximum Gasteiger partial charge on any atom is 0.0544 e. The van der Waals surface area contributed by atoms with Gasteiger partial charge in [0.1, 0.15) is 0 Å². The second kappa shape index (κ2) is 9.13. The molecule has 0 heterocycles. The Kier molecular flexibility index (Phi) is 5.74. The first kappa shape index (κ1) is 20.1. The van der Waals surface area contributed by atoms with E-state index in [9.17, 15) is 0 Å². The van der Waals surface area contributed by atoms with E-state index in [2.05, 4.69) is 96.3 Å². The van der Waals surface area contributed by atoms with Crippen LogP contribution in [0, 0.1) is 0 Å². The third-order valence-electron chi connectivity index (χ3n) is 5.51. The van der Waals surface area contributed by atoms with Crippen LogP contribution in [-0.2, 0) is 0 Å². The molecule has 5 aromatic rings. The minimum Gasteiger partial charge on any atom is -0.354 e. The highest BCUT2D eigenvalue weighted by Gasteiger charge is 2.16. The molecule has 0 unspecified atom stereocenters. The van der Waals surface area contributed by atoms with Crippen molar-refractivity contribution in [2.24, 2.45) is 0 Å². The van der Waals surface area contributed by atoms with E-state index in [-0.39, 0.29) is 0 Å². The van der Waals surface area contributed by atoms with Gasteiger partial charge in [0.2, 0.25) is 0 Å². The summed E-state index contributed by atoms with van der Waals surface area (Å²) in [6.07, 6.45) is 0. The molecule has 0 saturated heterocycles. The van der Waals surface area contributed by atoms with Crippen molar-refractivity contribution in [1.29, 1.82) is 0 Å². The lowest BCUT2D eigenvalue weighted by molar-refractivity contribution is 1.51. The summed E-state index contributed by atoms with van der Waals surface area (Å²) >= 11 is 6.29. The Labute approximate surface area is 194 Å². The first-order chi connectivity index (χ1) is 15.8. The molecule has 1 nitrogen and oxygen atoms in total. The molecule has 0 saturated carbocycles. The molecule has 2 heteroatoms. The van der Waals surface area contributed by atoms with Crippen molar-refractivity contribution in [3.05, 3.63) is 132 Å². The van der Waals surface area contributed by atoms with Gasteiger partial charge in [-0.1, -0.05) is 109 Å². The summed E-state index contributed by atoms with van der Waals surface area (Å²) in [5, 5.41) is 4.38. The first-order valence-corrected chi connectivity index (χ1v) is 11.0. The predicted octanol–water partition coefficient (Wildman–Crippen LogP) is 9.08. The van der Waals surface area contributed by atoms with E-state index >= 15 is 0 Å². The van der Waals surface area contributed by atoms with Crippen molar-refractivity contribution in [2.75, 3.05) is 5.32 Å². The molecule has 0 spiro atoms. The van der Waals surface area contributed by atoms with Gasteiger partial charge in [0.15, 0.2) is 0 Å². The lowest BCUT2D eigenvalue weighted by Gasteiger charge is -2.20. The van der Waals surface area contributed by atoms with Crippen LogP contribution in [0.25, 0.3) is 33.4 Å². The fraction of sp³-hybridized carbons (Fsp3) is 0. The highest BCUT2D eigenvalue weighted by molar-refractivity contribution is 6.30. The summed E-state index contributed by atoms with van der Waals surface area (Å²) in [5.74, 6) is 0. The number of rotatable bonds is 5. The van der Waals surface area contributed by atoms with Crippen molar-refractivity contribution >= 4 is 23.0 Å². The molecule has 0 bridgehead atoms. The van der Waals surface area contributed by atoms with Crippen LogP contribution in [0.2, 0.25) is 5.02 Å².